The third-order valence-electron chi connectivity index (χ3n) is 2.40. The van der Waals surface area contributed by atoms with Crippen molar-refractivity contribution in [1.29, 1.82) is 0 Å². The summed E-state index contributed by atoms with van der Waals surface area (Å²) in [6.45, 7) is 4.46. The Bertz CT molecular complexity index is 352. The van der Waals surface area contributed by atoms with Crippen LogP contribution >= 0.6 is 0 Å². The van der Waals surface area contributed by atoms with E-state index in [0.717, 1.165) is 29.7 Å². The van der Waals surface area contributed by atoms with Gasteiger partial charge in [0.1, 0.15) is 0 Å². The fraction of sp³-hybridized carbons (Fsp3) is 0.455. The van der Waals surface area contributed by atoms with Crippen LogP contribution in [0.5, 0.6) is 0 Å². The summed E-state index contributed by atoms with van der Waals surface area (Å²) in [6, 6.07) is 3.78. The second-order valence-corrected chi connectivity index (χ2v) is 3.69. The highest BCUT2D eigenvalue weighted by atomic mass is 16.6. The number of hydrogen-bond acceptors (Lipinski definition) is 3. The van der Waals surface area contributed by atoms with Gasteiger partial charge in [0.15, 0.2) is 0 Å². The van der Waals surface area contributed by atoms with Gasteiger partial charge in [0, 0.05) is 11.1 Å². The first-order valence-corrected chi connectivity index (χ1v) is 4.95. The van der Waals surface area contributed by atoms with Crippen LogP contribution in [0.3, 0.4) is 0 Å². The minimum Gasteiger partial charge on any atom is -0.319 e. The second-order valence-electron chi connectivity index (χ2n) is 3.69. The molecule has 15 heavy (non-hydrogen) atoms. The number of rotatable bonds is 4. The van der Waals surface area contributed by atoms with Gasteiger partial charge in [-0.3, -0.25) is 10.1 Å². The Morgan fingerprint density at radius 1 is 1.33 bits per heavy atom. The highest BCUT2D eigenvalue weighted by Crippen LogP contribution is 2.24. The van der Waals surface area contributed by atoms with Crippen LogP contribution in [-0.4, -0.2) is 18.5 Å². The molecule has 1 aromatic rings. The molecule has 0 aromatic heterocycles. The molecule has 0 atom stereocenters. The van der Waals surface area contributed by atoms with Crippen molar-refractivity contribution in [2.24, 2.45) is 0 Å². The normalized spacial score (nSPS) is 10.3. The first-order chi connectivity index (χ1) is 7.06. The maximum Gasteiger partial charge on any atom is 0.275 e. The van der Waals surface area contributed by atoms with Crippen molar-refractivity contribution in [1.82, 2.24) is 5.32 Å². The average Bonchev–Trinajstić information content (AvgIpc) is 2.12. The first-order valence-electron chi connectivity index (χ1n) is 4.95. The van der Waals surface area contributed by atoms with Gasteiger partial charge in [-0.25, -0.2) is 0 Å². The molecule has 0 amide bonds. The molecule has 1 aromatic carbocycles. The van der Waals surface area contributed by atoms with Crippen molar-refractivity contribution in [3.05, 3.63) is 38.9 Å². The first kappa shape index (κ1) is 11.7. The maximum atomic E-state index is 10.8. The fourth-order valence-electron chi connectivity index (χ4n) is 1.75. The number of nitro groups is 1. The lowest BCUT2D eigenvalue weighted by atomic mass is 10.0. The predicted octanol–water partition coefficient (Wildman–Crippen LogP) is 1.97. The lowest BCUT2D eigenvalue weighted by molar-refractivity contribution is -0.386. The van der Waals surface area contributed by atoms with Crippen molar-refractivity contribution in [2.45, 2.75) is 20.3 Å². The number of likely N-dealkylation sites (N-methyl/N-ethyl adjacent to an activating group) is 1. The van der Waals surface area contributed by atoms with Crippen LogP contribution in [0.1, 0.15) is 16.7 Å². The van der Waals surface area contributed by atoms with Gasteiger partial charge < -0.3 is 5.32 Å². The van der Waals surface area contributed by atoms with Crippen LogP contribution in [0.4, 0.5) is 5.69 Å². The van der Waals surface area contributed by atoms with Gasteiger partial charge in [-0.1, -0.05) is 0 Å². The number of aryl methyl sites for hydroxylation is 2. The Morgan fingerprint density at radius 3 is 2.27 bits per heavy atom. The number of hydrogen-bond donors (Lipinski definition) is 1. The summed E-state index contributed by atoms with van der Waals surface area (Å²) >= 11 is 0. The van der Waals surface area contributed by atoms with Crippen LogP contribution in [0, 0.1) is 24.0 Å². The second kappa shape index (κ2) is 4.89. The van der Waals surface area contributed by atoms with Gasteiger partial charge in [0.2, 0.25) is 0 Å². The van der Waals surface area contributed by atoms with Crippen molar-refractivity contribution in [2.75, 3.05) is 13.6 Å². The zero-order chi connectivity index (χ0) is 11.4. The van der Waals surface area contributed by atoms with Crippen molar-refractivity contribution >= 4 is 5.69 Å². The third kappa shape index (κ3) is 2.76. The van der Waals surface area contributed by atoms with E-state index >= 15 is 0 Å². The monoisotopic (exact) mass is 208 g/mol. The van der Waals surface area contributed by atoms with E-state index in [9.17, 15) is 10.1 Å². The number of nitro benzene ring substituents is 1. The van der Waals surface area contributed by atoms with Crippen molar-refractivity contribution in [3.63, 3.8) is 0 Å². The van der Waals surface area contributed by atoms with Gasteiger partial charge in [-0.15, -0.1) is 0 Å². The summed E-state index contributed by atoms with van der Waals surface area (Å²) in [5.74, 6) is 0. The van der Waals surface area contributed by atoms with Crippen LogP contribution < -0.4 is 5.32 Å². The number of nitrogens with zero attached hydrogens (tertiary/aromatic N) is 1. The van der Waals surface area contributed by atoms with Gasteiger partial charge in [-0.2, -0.15) is 0 Å². The number of benzene rings is 1. The fourth-order valence-corrected chi connectivity index (χ4v) is 1.75. The molecular weight excluding hydrogens is 192 g/mol. The molecule has 0 bridgehead atoms. The summed E-state index contributed by atoms with van der Waals surface area (Å²) in [5, 5.41) is 13.8. The van der Waals surface area contributed by atoms with Crippen molar-refractivity contribution in [3.8, 4) is 0 Å². The van der Waals surface area contributed by atoms with Gasteiger partial charge >= 0.3 is 0 Å². The van der Waals surface area contributed by atoms with E-state index < -0.39 is 0 Å². The molecule has 0 saturated carbocycles. The van der Waals surface area contributed by atoms with Gasteiger partial charge in [-0.05, 0) is 51.6 Å². The summed E-state index contributed by atoms with van der Waals surface area (Å²) < 4.78 is 0. The van der Waals surface area contributed by atoms with Crippen LogP contribution in [0.25, 0.3) is 0 Å². The highest BCUT2D eigenvalue weighted by Gasteiger charge is 2.14. The largest absolute Gasteiger partial charge is 0.319 e. The molecule has 0 aliphatic heterocycles. The van der Waals surface area contributed by atoms with E-state index in [0.29, 0.717) is 0 Å². The lowest BCUT2D eigenvalue weighted by Crippen LogP contribution is -2.10. The molecular formula is C11H16N2O2. The zero-order valence-corrected chi connectivity index (χ0v) is 9.33. The van der Waals surface area contributed by atoms with Gasteiger partial charge in [0.25, 0.3) is 5.69 Å². The van der Waals surface area contributed by atoms with E-state index in [1.165, 1.54) is 0 Å². The van der Waals surface area contributed by atoms with Crippen LogP contribution in [0.2, 0.25) is 0 Å². The lowest BCUT2D eigenvalue weighted by Gasteiger charge is -2.06. The quantitative estimate of drug-likeness (QED) is 0.608. The Morgan fingerprint density at radius 2 is 1.87 bits per heavy atom. The summed E-state index contributed by atoms with van der Waals surface area (Å²) in [4.78, 5) is 10.4. The Labute approximate surface area is 89.5 Å². The zero-order valence-electron chi connectivity index (χ0n) is 9.33. The Hall–Kier alpha value is -1.42. The minimum absolute atomic E-state index is 0.239. The average molecular weight is 208 g/mol. The van der Waals surface area contributed by atoms with E-state index in [2.05, 4.69) is 5.32 Å². The van der Waals surface area contributed by atoms with E-state index in [1.54, 1.807) is 13.8 Å². The molecule has 0 spiro atoms. The Kier molecular flexibility index (Phi) is 3.80. The molecule has 0 aliphatic rings. The van der Waals surface area contributed by atoms with E-state index in [1.807, 2.05) is 19.2 Å². The van der Waals surface area contributed by atoms with E-state index in [-0.39, 0.29) is 10.6 Å². The molecule has 1 N–H and O–H groups in total. The number of nitrogens with one attached hydrogen (secondary N) is 1. The van der Waals surface area contributed by atoms with Crippen LogP contribution in [-0.2, 0) is 6.42 Å². The topological polar surface area (TPSA) is 55.2 Å². The standard InChI is InChI=1S/C11H16N2O2/c1-8-6-10(4-5-12-3)7-9(2)11(8)13(14)15/h6-7,12H,4-5H2,1-3H3. The van der Waals surface area contributed by atoms with E-state index in [4.69, 9.17) is 0 Å². The molecule has 0 heterocycles. The highest BCUT2D eigenvalue weighted by molar-refractivity contribution is 5.48. The minimum atomic E-state index is -0.313. The molecule has 82 valence electrons. The molecule has 4 nitrogen and oxygen atoms in total. The molecule has 0 aliphatic carbocycles. The third-order valence-corrected chi connectivity index (χ3v) is 2.40. The Balaban J connectivity index is 3.03. The van der Waals surface area contributed by atoms with Crippen LogP contribution in [0.15, 0.2) is 12.1 Å². The van der Waals surface area contributed by atoms with Gasteiger partial charge in [0.05, 0.1) is 4.92 Å². The SMILES string of the molecule is CNCCc1cc(C)c([N+](=O)[O-])c(C)c1. The summed E-state index contributed by atoms with van der Waals surface area (Å²) in [5.41, 5.74) is 2.87. The maximum absolute atomic E-state index is 10.8. The summed E-state index contributed by atoms with van der Waals surface area (Å²) in [6.07, 6.45) is 0.899. The summed E-state index contributed by atoms with van der Waals surface area (Å²) in [7, 11) is 1.89. The molecule has 4 heteroatoms. The molecule has 0 unspecified atom stereocenters. The molecule has 0 radical (unpaired) electrons. The molecule has 0 fully saturated rings. The molecule has 1 rings (SSSR count). The molecule has 0 saturated heterocycles. The smallest absolute Gasteiger partial charge is 0.275 e. The predicted molar refractivity (Wildman–Crippen MR) is 60.2 cm³/mol. The van der Waals surface area contributed by atoms with Crippen molar-refractivity contribution < 1.29 is 4.92 Å².